The summed E-state index contributed by atoms with van der Waals surface area (Å²) >= 11 is 0. The summed E-state index contributed by atoms with van der Waals surface area (Å²) < 4.78 is 4.56. The molecule has 0 saturated carbocycles. The zero-order valence-electron chi connectivity index (χ0n) is 4.97. The molecule has 8 heavy (non-hydrogen) atoms. The second-order valence-electron chi connectivity index (χ2n) is 2.48. The SMILES string of the molecule is CC1(C)COC([O-])=N1. The van der Waals surface area contributed by atoms with Gasteiger partial charge in [-0.1, -0.05) is 0 Å². The number of hydrogen-bond donors (Lipinski definition) is 0. The Morgan fingerprint density at radius 2 is 2.38 bits per heavy atom. The van der Waals surface area contributed by atoms with Crippen LogP contribution in [0.1, 0.15) is 13.8 Å². The summed E-state index contributed by atoms with van der Waals surface area (Å²) in [6.07, 6.45) is -0.435. The van der Waals surface area contributed by atoms with Crippen molar-refractivity contribution in [3.05, 3.63) is 0 Å². The average Bonchev–Trinajstić information content (AvgIpc) is 1.82. The second kappa shape index (κ2) is 1.37. The van der Waals surface area contributed by atoms with Crippen LogP contribution in [0.5, 0.6) is 0 Å². The van der Waals surface area contributed by atoms with Gasteiger partial charge < -0.3 is 9.84 Å². The lowest BCUT2D eigenvalue weighted by molar-refractivity contribution is -0.246. The molecule has 1 aliphatic rings. The summed E-state index contributed by atoms with van der Waals surface area (Å²) in [6.45, 7) is 4.14. The maximum atomic E-state index is 10.3. The fourth-order valence-corrected chi connectivity index (χ4v) is 0.550. The topological polar surface area (TPSA) is 44.6 Å². The van der Waals surface area contributed by atoms with Crippen molar-refractivity contribution in [1.29, 1.82) is 0 Å². The molecule has 0 saturated heterocycles. The van der Waals surface area contributed by atoms with Gasteiger partial charge in [-0.15, -0.1) is 0 Å². The monoisotopic (exact) mass is 114 g/mol. The van der Waals surface area contributed by atoms with E-state index in [4.69, 9.17) is 0 Å². The zero-order valence-corrected chi connectivity index (χ0v) is 4.97. The molecule has 1 heterocycles. The summed E-state index contributed by atoms with van der Waals surface area (Å²) in [5.41, 5.74) is -0.281. The Bertz CT molecular complexity index is 128. The van der Waals surface area contributed by atoms with E-state index in [9.17, 15) is 5.11 Å². The van der Waals surface area contributed by atoms with Crippen LogP contribution in [0.15, 0.2) is 4.99 Å². The minimum atomic E-state index is -0.435. The van der Waals surface area contributed by atoms with E-state index in [1.165, 1.54) is 0 Å². The van der Waals surface area contributed by atoms with Crippen LogP contribution in [0.3, 0.4) is 0 Å². The highest BCUT2D eigenvalue weighted by Gasteiger charge is 2.18. The summed E-state index contributed by atoms with van der Waals surface area (Å²) in [6, 6.07) is 0. The maximum Gasteiger partial charge on any atom is 0.146 e. The fraction of sp³-hybridized carbons (Fsp3) is 0.800. The van der Waals surface area contributed by atoms with E-state index in [1.807, 2.05) is 13.8 Å². The lowest BCUT2D eigenvalue weighted by atomic mass is 10.1. The number of rotatable bonds is 0. The Kier molecular flexibility index (Phi) is 0.927. The van der Waals surface area contributed by atoms with Crippen LogP contribution in [0.2, 0.25) is 0 Å². The Morgan fingerprint density at radius 3 is 2.50 bits per heavy atom. The van der Waals surface area contributed by atoms with Crippen molar-refractivity contribution in [2.75, 3.05) is 6.61 Å². The van der Waals surface area contributed by atoms with E-state index < -0.39 is 6.08 Å². The molecule has 1 aliphatic heterocycles. The first kappa shape index (κ1) is 5.41. The zero-order chi connectivity index (χ0) is 6.20. The van der Waals surface area contributed by atoms with Crippen LogP contribution in [0.4, 0.5) is 0 Å². The fourth-order valence-electron chi connectivity index (χ4n) is 0.550. The van der Waals surface area contributed by atoms with Gasteiger partial charge >= 0.3 is 0 Å². The first-order valence-corrected chi connectivity index (χ1v) is 2.50. The van der Waals surface area contributed by atoms with Gasteiger partial charge in [0, 0.05) is 6.61 Å². The maximum absolute atomic E-state index is 10.3. The van der Waals surface area contributed by atoms with Crippen molar-refractivity contribution in [1.82, 2.24) is 0 Å². The van der Waals surface area contributed by atoms with E-state index in [2.05, 4.69) is 9.73 Å². The van der Waals surface area contributed by atoms with Gasteiger partial charge in [0.25, 0.3) is 0 Å². The van der Waals surface area contributed by atoms with Gasteiger partial charge in [-0.3, -0.25) is 4.99 Å². The molecule has 3 heteroatoms. The molecule has 0 aromatic carbocycles. The average molecular weight is 114 g/mol. The summed E-state index contributed by atoms with van der Waals surface area (Å²) in [5.74, 6) is 0. The van der Waals surface area contributed by atoms with Crippen LogP contribution < -0.4 is 5.11 Å². The highest BCUT2D eigenvalue weighted by molar-refractivity contribution is 5.64. The normalized spacial score (nSPS) is 24.5. The van der Waals surface area contributed by atoms with Crippen molar-refractivity contribution in [2.24, 2.45) is 4.99 Å². The Morgan fingerprint density at radius 1 is 1.75 bits per heavy atom. The number of hydrogen-bond acceptors (Lipinski definition) is 3. The summed E-state index contributed by atoms with van der Waals surface area (Å²) in [7, 11) is 0. The van der Waals surface area contributed by atoms with Crippen molar-refractivity contribution >= 4 is 6.08 Å². The Balaban J connectivity index is 2.67. The van der Waals surface area contributed by atoms with E-state index >= 15 is 0 Å². The summed E-state index contributed by atoms with van der Waals surface area (Å²) in [4.78, 5) is 3.66. The molecule has 0 bridgehead atoms. The van der Waals surface area contributed by atoms with Crippen LogP contribution in [-0.2, 0) is 4.74 Å². The molecule has 46 valence electrons. The lowest BCUT2D eigenvalue weighted by Crippen LogP contribution is -2.17. The van der Waals surface area contributed by atoms with Crippen molar-refractivity contribution in [3.63, 3.8) is 0 Å². The van der Waals surface area contributed by atoms with Gasteiger partial charge in [0.2, 0.25) is 0 Å². The molecular formula is C5H8NO2-. The molecule has 3 nitrogen and oxygen atoms in total. The molecule has 1 rings (SSSR count). The standard InChI is InChI=1S/C5H9NO2/c1-5(2)3-8-4(7)6-5/h3H2,1-2H3,(H,6,7)/p-1. The predicted molar refractivity (Wildman–Crippen MR) is 27.5 cm³/mol. The molecule has 0 radical (unpaired) electrons. The quantitative estimate of drug-likeness (QED) is 0.426. The van der Waals surface area contributed by atoms with Gasteiger partial charge in [-0.2, -0.15) is 0 Å². The van der Waals surface area contributed by atoms with E-state index in [-0.39, 0.29) is 5.54 Å². The van der Waals surface area contributed by atoms with Crippen molar-refractivity contribution in [3.8, 4) is 0 Å². The minimum absolute atomic E-state index is 0.281. The minimum Gasteiger partial charge on any atom is -0.598 e. The first-order valence-electron chi connectivity index (χ1n) is 2.50. The van der Waals surface area contributed by atoms with E-state index in [0.29, 0.717) is 6.61 Å². The Labute approximate surface area is 48.0 Å². The smallest absolute Gasteiger partial charge is 0.146 e. The largest absolute Gasteiger partial charge is 0.598 e. The number of aliphatic imine (C=N–C) groups is 1. The highest BCUT2D eigenvalue weighted by Crippen LogP contribution is 2.13. The molecule has 0 fully saturated rings. The third kappa shape index (κ3) is 0.911. The highest BCUT2D eigenvalue weighted by atomic mass is 16.6. The predicted octanol–water partition coefficient (Wildman–Crippen LogP) is -0.488. The van der Waals surface area contributed by atoms with Gasteiger partial charge in [0.05, 0.1) is 5.54 Å². The van der Waals surface area contributed by atoms with Gasteiger partial charge in [0.15, 0.2) is 0 Å². The molecule has 0 spiro atoms. The molecule has 0 aromatic heterocycles. The second-order valence-corrected chi connectivity index (χ2v) is 2.48. The first-order chi connectivity index (χ1) is 3.60. The molecule has 0 atom stereocenters. The van der Waals surface area contributed by atoms with E-state index in [1.54, 1.807) is 0 Å². The van der Waals surface area contributed by atoms with Gasteiger partial charge in [-0.05, 0) is 13.8 Å². The van der Waals surface area contributed by atoms with Gasteiger partial charge in [0.1, 0.15) is 6.08 Å². The van der Waals surface area contributed by atoms with Gasteiger partial charge in [-0.25, -0.2) is 0 Å². The van der Waals surface area contributed by atoms with Crippen molar-refractivity contribution < 1.29 is 9.84 Å². The third-order valence-electron chi connectivity index (χ3n) is 0.943. The molecule has 0 N–H and O–H groups in total. The summed E-state index contributed by atoms with van der Waals surface area (Å²) in [5, 5.41) is 10.3. The third-order valence-corrected chi connectivity index (χ3v) is 0.943. The van der Waals surface area contributed by atoms with Crippen LogP contribution in [0, 0.1) is 0 Å². The lowest BCUT2D eigenvalue weighted by Gasteiger charge is -2.12. The number of ether oxygens (including phenoxy) is 1. The molecule has 0 amide bonds. The van der Waals surface area contributed by atoms with Crippen molar-refractivity contribution in [2.45, 2.75) is 19.4 Å². The molecule has 0 unspecified atom stereocenters. The van der Waals surface area contributed by atoms with E-state index in [0.717, 1.165) is 0 Å². The van der Waals surface area contributed by atoms with Crippen LogP contribution in [-0.4, -0.2) is 18.2 Å². The molecule has 0 aliphatic carbocycles. The van der Waals surface area contributed by atoms with Crippen LogP contribution >= 0.6 is 0 Å². The number of nitrogens with zero attached hydrogens (tertiary/aromatic N) is 1. The molecule has 0 aromatic rings. The Hall–Kier alpha value is -0.730. The molecular weight excluding hydrogens is 106 g/mol. The van der Waals surface area contributed by atoms with Crippen LogP contribution in [0.25, 0.3) is 0 Å².